The molecular formula is C15H15BrClNO. The Bertz CT molecular complexity index is 590. The number of nitrogens with two attached hydrogens (primary N) is 1. The third-order valence-corrected chi connectivity index (χ3v) is 3.98. The molecule has 19 heavy (non-hydrogen) atoms. The summed E-state index contributed by atoms with van der Waals surface area (Å²) in [4.78, 5) is 0. The molecule has 0 atom stereocenters. The molecule has 0 amide bonds. The second-order valence-corrected chi connectivity index (χ2v) is 5.72. The van der Waals surface area contributed by atoms with Gasteiger partial charge in [-0.1, -0.05) is 33.6 Å². The summed E-state index contributed by atoms with van der Waals surface area (Å²) >= 11 is 9.59. The maximum absolute atomic E-state index is 6.15. The van der Waals surface area contributed by atoms with Crippen LogP contribution in [0.5, 0.6) is 11.5 Å². The highest BCUT2D eigenvalue weighted by molar-refractivity contribution is 9.10. The van der Waals surface area contributed by atoms with Gasteiger partial charge < -0.3 is 10.5 Å². The van der Waals surface area contributed by atoms with Crippen molar-refractivity contribution in [3.63, 3.8) is 0 Å². The first kappa shape index (κ1) is 14.4. The lowest BCUT2D eigenvalue weighted by Crippen LogP contribution is -1.99. The smallest absolute Gasteiger partial charge is 0.133 e. The number of hydrogen-bond acceptors (Lipinski definition) is 2. The number of halogens is 2. The van der Waals surface area contributed by atoms with Gasteiger partial charge in [-0.05, 0) is 49.2 Å². The standard InChI is InChI=1S/C15H15BrClNO/c1-9-5-13(6-10(2)15(9)17)19-14-7-12(16)4-3-11(14)8-18/h3-7H,8,18H2,1-2H3. The van der Waals surface area contributed by atoms with Gasteiger partial charge >= 0.3 is 0 Å². The zero-order valence-electron chi connectivity index (χ0n) is 10.8. The van der Waals surface area contributed by atoms with E-state index in [1.165, 1.54) is 0 Å². The first-order chi connectivity index (χ1) is 9.01. The molecule has 2 rings (SSSR count). The third kappa shape index (κ3) is 3.30. The zero-order valence-corrected chi connectivity index (χ0v) is 13.2. The Balaban J connectivity index is 2.38. The topological polar surface area (TPSA) is 35.2 Å². The van der Waals surface area contributed by atoms with Gasteiger partial charge in [0.05, 0.1) is 0 Å². The van der Waals surface area contributed by atoms with Gasteiger partial charge in [-0.25, -0.2) is 0 Å². The third-order valence-electron chi connectivity index (χ3n) is 2.89. The number of benzene rings is 2. The van der Waals surface area contributed by atoms with Crippen LogP contribution in [0.25, 0.3) is 0 Å². The van der Waals surface area contributed by atoms with Crippen LogP contribution < -0.4 is 10.5 Å². The first-order valence-electron chi connectivity index (χ1n) is 5.94. The molecule has 2 nitrogen and oxygen atoms in total. The van der Waals surface area contributed by atoms with E-state index in [4.69, 9.17) is 22.1 Å². The Morgan fingerprint density at radius 3 is 2.37 bits per heavy atom. The van der Waals surface area contributed by atoms with Gasteiger partial charge in [0.15, 0.2) is 0 Å². The number of hydrogen-bond donors (Lipinski definition) is 1. The summed E-state index contributed by atoms with van der Waals surface area (Å²) in [6.45, 7) is 4.37. The van der Waals surface area contributed by atoms with Crippen LogP contribution >= 0.6 is 27.5 Å². The molecule has 0 aliphatic rings. The molecule has 2 aromatic rings. The summed E-state index contributed by atoms with van der Waals surface area (Å²) in [5.41, 5.74) is 8.69. The van der Waals surface area contributed by atoms with Crippen LogP contribution in [-0.4, -0.2) is 0 Å². The molecule has 0 fully saturated rings. The van der Waals surface area contributed by atoms with Crippen molar-refractivity contribution in [2.75, 3.05) is 0 Å². The van der Waals surface area contributed by atoms with Gasteiger partial charge in [0.1, 0.15) is 11.5 Å². The van der Waals surface area contributed by atoms with Crippen molar-refractivity contribution in [2.24, 2.45) is 5.73 Å². The van der Waals surface area contributed by atoms with Crippen LogP contribution in [0, 0.1) is 13.8 Å². The predicted octanol–water partition coefficient (Wildman–Crippen LogP) is 4.97. The molecule has 0 unspecified atom stereocenters. The summed E-state index contributed by atoms with van der Waals surface area (Å²) in [7, 11) is 0. The van der Waals surface area contributed by atoms with Crippen molar-refractivity contribution in [1.82, 2.24) is 0 Å². The Morgan fingerprint density at radius 2 is 1.79 bits per heavy atom. The van der Waals surface area contributed by atoms with E-state index < -0.39 is 0 Å². The highest BCUT2D eigenvalue weighted by Crippen LogP contribution is 2.32. The molecule has 2 N–H and O–H groups in total. The van der Waals surface area contributed by atoms with Crippen molar-refractivity contribution in [3.8, 4) is 11.5 Å². The van der Waals surface area contributed by atoms with Crippen LogP contribution in [0.1, 0.15) is 16.7 Å². The van der Waals surface area contributed by atoms with E-state index in [0.29, 0.717) is 6.54 Å². The Morgan fingerprint density at radius 1 is 1.16 bits per heavy atom. The first-order valence-corrected chi connectivity index (χ1v) is 7.11. The molecule has 0 saturated heterocycles. The second kappa shape index (κ2) is 5.95. The average Bonchev–Trinajstić information content (AvgIpc) is 2.36. The zero-order chi connectivity index (χ0) is 14.0. The molecule has 0 aromatic heterocycles. The van der Waals surface area contributed by atoms with Gasteiger partial charge in [-0.2, -0.15) is 0 Å². The minimum atomic E-state index is 0.439. The summed E-state index contributed by atoms with van der Waals surface area (Å²) in [6, 6.07) is 9.68. The van der Waals surface area contributed by atoms with Crippen LogP contribution in [0.2, 0.25) is 5.02 Å². The van der Waals surface area contributed by atoms with E-state index in [2.05, 4.69) is 15.9 Å². The largest absolute Gasteiger partial charge is 0.457 e. The minimum Gasteiger partial charge on any atom is -0.457 e. The van der Waals surface area contributed by atoms with E-state index in [1.54, 1.807) is 0 Å². The molecular weight excluding hydrogens is 326 g/mol. The molecule has 4 heteroatoms. The summed E-state index contributed by atoms with van der Waals surface area (Å²) in [6.07, 6.45) is 0. The van der Waals surface area contributed by atoms with Crippen molar-refractivity contribution >= 4 is 27.5 Å². The fraction of sp³-hybridized carbons (Fsp3) is 0.200. The quantitative estimate of drug-likeness (QED) is 0.856. The van der Waals surface area contributed by atoms with Gasteiger partial charge in [0, 0.05) is 21.6 Å². The fourth-order valence-corrected chi connectivity index (χ4v) is 2.33. The highest BCUT2D eigenvalue weighted by Gasteiger charge is 2.08. The van der Waals surface area contributed by atoms with Gasteiger partial charge in [-0.3, -0.25) is 0 Å². The van der Waals surface area contributed by atoms with Crippen molar-refractivity contribution < 1.29 is 4.74 Å². The lowest BCUT2D eigenvalue weighted by Gasteiger charge is -2.12. The molecule has 0 aliphatic heterocycles. The molecule has 0 spiro atoms. The highest BCUT2D eigenvalue weighted by atomic mass is 79.9. The summed E-state index contributed by atoms with van der Waals surface area (Å²) < 4.78 is 6.89. The van der Waals surface area contributed by atoms with Crippen LogP contribution in [0.3, 0.4) is 0 Å². The van der Waals surface area contributed by atoms with Gasteiger partial charge in [0.2, 0.25) is 0 Å². The van der Waals surface area contributed by atoms with E-state index in [1.807, 2.05) is 44.2 Å². The maximum Gasteiger partial charge on any atom is 0.133 e. The minimum absolute atomic E-state index is 0.439. The fourth-order valence-electron chi connectivity index (χ4n) is 1.88. The van der Waals surface area contributed by atoms with Gasteiger partial charge in [-0.15, -0.1) is 0 Å². The number of aryl methyl sites for hydroxylation is 2. The lowest BCUT2D eigenvalue weighted by molar-refractivity contribution is 0.475. The predicted molar refractivity (Wildman–Crippen MR) is 83.0 cm³/mol. The molecule has 0 radical (unpaired) electrons. The summed E-state index contributed by atoms with van der Waals surface area (Å²) in [5.74, 6) is 1.53. The van der Waals surface area contributed by atoms with E-state index in [-0.39, 0.29) is 0 Å². The van der Waals surface area contributed by atoms with E-state index in [9.17, 15) is 0 Å². The maximum atomic E-state index is 6.15. The normalized spacial score (nSPS) is 10.6. The Hall–Kier alpha value is -1.03. The number of rotatable bonds is 3. The van der Waals surface area contributed by atoms with Crippen LogP contribution in [-0.2, 0) is 6.54 Å². The van der Waals surface area contributed by atoms with Crippen molar-refractivity contribution in [3.05, 3.63) is 56.5 Å². The van der Waals surface area contributed by atoms with Crippen molar-refractivity contribution in [2.45, 2.75) is 20.4 Å². The van der Waals surface area contributed by atoms with E-state index >= 15 is 0 Å². The average molecular weight is 341 g/mol. The molecule has 0 heterocycles. The molecule has 2 aromatic carbocycles. The molecule has 0 saturated carbocycles. The van der Waals surface area contributed by atoms with Crippen LogP contribution in [0.4, 0.5) is 0 Å². The Kier molecular flexibility index (Phi) is 4.50. The molecule has 100 valence electrons. The van der Waals surface area contributed by atoms with E-state index in [0.717, 1.165) is 37.7 Å². The molecule has 0 bridgehead atoms. The van der Waals surface area contributed by atoms with Crippen molar-refractivity contribution in [1.29, 1.82) is 0 Å². The SMILES string of the molecule is Cc1cc(Oc2cc(Br)ccc2CN)cc(C)c1Cl. The Labute approximate surface area is 126 Å². The number of ether oxygens (including phenoxy) is 1. The van der Waals surface area contributed by atoms with Gasteiger partial charge in [0.25, 0.3) is 0 Å². The monoisotopic (exact) mass is 339 g/mol. The second-order valence-electron chi connectivity index (χ2n) is 4.43. The lowest BCUT2D eigenvalue weighted by atomic mass is 10.1. The molecule has 0 aliphatic carbocycles. The van der Waals surface area contributed by atoms with Crippen LogP contribution in [0.15, 0.2) is 34.8 Å². The summed E-state index contributed by atoms with van der Waals surface area (Å²) in [5, 5.41) is 0.778.